The maximum Gasteiger partial charge on any atom is 0.337 e. The first-order valence-electron chi connectivity index (χ1n) is 14.5. The molecule has 10 nitrogen and oxygen atoms in total. The number of ether oxygens (including phenoxy) is 3. The molecule has 0 saturated carbocycles. The van der Waals surface area contributed by atoms with Crippen molar-refractivity contribution in [3.63, 3.8) is 0 Å². The summed E-state index contributed by atoms with van der Waals surface area (Å²) in [5.41, 5.74) is 0. The molecule has 2 unspecified atom stereocenters. The Kier molecular flexibility index (Phi) is 27.1. The fourth-order valence-corrected chi connectivity index (χ4v) is 4.97. The van der Waals surface area contributed by atoms with Crippen LogP contribution in [0.3, 0.4) is 0 Å². The van der Waals surface area contributed by atoms with E-state index in [1.165, 1.54) is 83.1 Å². The van der Waals surface area contributed by atoms with Gasteiger partial charge in [-0.2, -0.15) is 8.42 Å². The van der Waals surface area contributed by atoms with E-state index in [1.54, 1.807) is 6.92 Å². The standard InChI is InChI=1S/C28H52O9S.H3N/c1-4-7-8-9-10-11-12-13-14-15-16-17-18-19-20-21-24-36-27(29)25(34-22-5-2)26(38(32,33)37-31)28(30)35-23-6-3;/h5,25-26,31H,2,4,6-24H2,1,3H3;1H3. The highest BCUT2D eigenvalue weighted by atomic mass is 32.2. The molecule has 0 radical (unpaired) electrons. The molecule has 0 aliphatic carbocycles. The third-order valence-electron chi connectivity index (χ3n) is 6.24. The van der Waals surface area contributed by atoms with Crippen LogP contribution in [0, 0.1) is 0 Å². The highest BCUT2D eigenvalue weighted by molar-refractivity contribution is 7.88. The third-order valence-corrected chi connectivity index (χ3v) is 7.51. The molecule has 0 aliphatic heterocycles. The lowest BCUT2D eigenvalue weighted by Gasteiger charge is -2.22. The molecule has 2 atom stereocenters. The molecule has 0 bridgehead atoms. The molecule has 0 heterocycles. The van der Waals surface area contributed by atoms with Crippen molar-refractivity contribution in [1.82, 2.24) is 6.15 Å². The average molecular weight is 582 g/mol. The second-order valence-electron chi connectivity index (χ2n) is 9.67. The molecule has 0 saturated heterocycles. The minimum atomic E-state index is -4.91. The number of carbonyl (C=O) groups excluding carboxylic acids is 2. The molecule has 0 amide bonds. The van der Waals surface area contributed by atoms with Crippen molar-refractivity contribution in [3.8, 4) is 0 Å². The number of carbonyl (C=O) groups is 2. The van der Waals surface area contributed by atoms with Crippen molar-refractivity contribution in [1.29, 1.82) is 0 Å². The van der Waals surface area contributed by atoms with Crippen molar-refractivity contribution in [2.45, 2.75) is 134 Å². The molecule has 39 heavy (non-hydrogen) atoms. The minimum Gasteiger partial charge on any atom is -0.465 e. The van der Waals surface area contributed by atoms with Gasteiger partial charge in [0.2, 0.25) is 5.25 Å². The molecule has 0 aromatic rings. The summed E-state index contributed by atoms with van der Waals surface area (Å²) < 4.78 is 43.1. The van der Waals surface area contributed by atoms with E-state index < -0.39 is 33.4 Å². The zero-order chi connectivity index (χ0) is 28.5. The predicted molar refractivity (Wildman–Crippen MR) is 153 cm³/mol. The number of hydrogen-bond acceptors (Lipinski definition) is 10. The molecule has 0 aromatic carbocycles. The molecule has 0 fully saturated rings. The lowest BCUT2D eigenvalue weighted by Crippen LogP contribution is -2.49. The van der Waals surface area contributed by atoms with E-state index in [2.05, 4.69) is 17.8 Å². The largest absolute Gasteiger partial charge is 0.465 e. The van der Waals surface area contributed by atoms with Crippen LogP contribution in [-0.2, 0) is 38.3 Å². The van der Waals surface area contributed by atoms with E-state index in [0.29, 0.717) is 12.8 Å². The predicted octanol–water partition coefficient (Wildman–Crippen LogP) is 6.67. The maximum atomic E-state index is 12.6. The van der Waals surface area contributed by atoms with Gasteiger partial charge in [-0.15, -0.1) is 10.9 Å². The highest BCUT2D eigenvalue weighted by Gasteiger charge is 2.47. The average Bonchev–Trinajstić information content (AvgIpc) is 2.91. The van der Waals surface area contributed by atoms with Gasteiger partial charge in [-0.1, -0.05) is 116 Å². The number of unbranched alkanes of at least 4 members (excludes halogenated alkanes) is 15. The van der Waals surface area contributed by atoms with Gasteiger partial charge in [-0.25, -0.2) is 10.1 Å². The van der Waals surface area contributed by atoms with Gasteiger partial charge in [-0.05, 0) is 12.8 Å². The Hall–Kier alpha value is -1.53. The molecule has 0 spiro atoms. The summed E-state index contributed by atoms with van der Waals surface area (Å²) in [6.45, 7) is 7.18. The zero-order valence-corrected chi connectivity index (χ0v) is 25.2. The smallest absolute Gasteiger partial charge is 0.337 e. The molecule has 0 aliphatic rings. The Morgan fingerprint density at radius 1 is 0.718 bits per heavy atom. The first kappa shape index (κ1) is 39.6. The quantitative estimate of drug-likeness (QED) is 0.0352. The summed E-state index contributed by atoms with van der Waals surface area (Å²) in [5.74, 6) is -2.32. The Bertz CT molecular complexity index is 716. The van der Waals surface area contributed by atoms with Crippen LogP contribution in [0.4, 0.5) is 0 Å². The van der Waals surface area contributed by atoms with Gasteiger partial charge in [0.25, 0.3) is 0 Å². The monoisotopic (exact) mass is 581 g/mol. The van der Waals surface area contributed by atoms with Crippen LogP contribution < -0.4 is 6.15 Å². The normalized spacial score (nSPS) is 12.8. The van der Waals surface area contributed by atoms with Gasteiger partial charge < -0.3 is 20.4 Å². The Labute approximate surface area is 236 Å². The van der Waals surface area contributed by atoms with E-state index in [-0.39, 0.29) is 26.0 Å². The zero-order valence-electron chi connectivity index (χ0n) is 24.4. The highest BCUT2D eigenvalue weighted by Crippen LogP contribution is 2.17. The van der Waals surface area contributed by atoms with Crippen molar-refractivity contribution >= 4 is 22.1 Å². The lowest BCUT2D eigenvalue weighted by molar-refractivity contribution is -0.165. The van der Waals surface area contributed by atoms with Crippen molar-refractivity contribution in [3.05, 3.63) is 12.7 Å². The Morgan fingerprint density at radius 2 is 1.15 bits per heavy atom. The van der Waals surface area contributed by atoms with Gasteiger partial charge in [-0.3, -0.25) is 4.79 Å². The van der Waals surface area contributed by atoms with Gasteiger partial charge in [0.05, 0.1) is 19.8 Å². The fourth-order valence-electron chi connectivity index (χ4n) is 4.08. The Morgan fingerprint density at radius 3 is 1.56 bits per heavy atom. The van der Waals surface area contributed by atoms with Crippen molar-refractivity contribution in [2.75, 3.05) is 19.8 Å². The van der Waals surface area contributed by atoms with E-state index in [1.807, 2.05) is 0 Å². The van der Waals surface area contributed by atoms with Crippen molar-refractivity contribution < 1.29 is 41.8 Å². The fraction of sp³-hybridized carbons (Fsp3) is 0.857. The first-order chi connectivity index (χ1) is 18.4. The number of hydrogen-bond donors (Lipinski definition) is 2. The van der Waals surface area contributed by atoms with Crippen LogP contribution in [0.1, 0.15) is 123 Å². The number of esters is 2. The summed E-state index contributed by atoms with van der Waals surface area (Å²) in [6, 6.07) is 0. The SMILES string of the molecule is C=CCOC(C(=O)OCCCCCCCCCCCCCCCCCC)C(C(=O)OCCC)S(=O)(=O)OO.N. The second-order valence-corrected chi connectivity index (χ2v) is 11.3. The van der Waals surface area contributed by atoms with E-state index in [9.17, 15) is 18.0 Å². The van der Waals surface area contributed by atoms with Crippen LogP contribution in [0.15, 0.2) is 12.7 Å². The summed E-state index contributed by atoms with van der Waals surface area (Å²) in [7, 11) is -4.91. The molecular weight excluding hydrogens is 526 g/mol. The minimum absolute atomic E-state index is 0. The van der Waals surface area contributed by atoms with Crippen LogP contribution >= 0.6 is 0 Å². The maximum absolute atomic E-state index is 12.6. The molecule has 232 valence electrons. The topological polar surface area (TPSA) is 160 Å². The van der Waals surface area contributed by atoms with Crippen LogP contribution in [0.2, 0.25) is 0 Å². The molecule has 0 rings (SSSR count). The lowest BCUT2D eigenvalue weighted by atomic mass is 10.0. The van der Waals surface area contributed by atoms with Crippen molar-refractivity contribution in [2.24, 2.45) is 0 Å². The van der Waals surface area contributed by atoms with Gasteiger partial charge >= 0.3 is 22.1 Å². The summed E-state index contributed by atoms with van der Waals surface area (Å²) in [5, 5.41) is 6.58. The van der Waals surface area contributed by atoms with E-state index in [0.717, 1.165) is 19.3 Å². The van der Waals surface area contributed by atoms with Gasteiger partial charge in [0.1, 0.15) is 0 Å². The first-order valence-corrected chi connectivity index (χ1v) is 15.9. The van der Waals surface area contributed by atoms with Crippen LogP contribution in [0.25, 0.3) is 0 Å². The second kappa shape index (κ2) is 26.7. The summed E-state index contributed by atoms with van der Waals surface area (Å²) in [6.07, 6.45) is 19.3. The van der Waals surface area contributed by atoms with E-state index >= 15 is 0 Å². The van der Waals surface area contributed by atoms with Gasteiger partial charge in [0, 0.05) is 0 Å². The van der Waals surface area contributed by atoms with Crippen LogP contribution in [0.5, 0.6) is 0 Å². The molecular formula is C28H55NO9S. The van der Waals surface area contributed by atoms with E-state index in [4.69, 9.17) is 19.5 Å². The molecule has 0 aromatic heterocycles. The van der Waals surface area contributed by atoms with Gasteiger partial charge in [0.15, 0.2) is 6.10 Å². The third kappa shape index (κ3) is 20.1. The number of rotatable bonds is 27. The van der Waals surface area contributed by atoms with Crippen LogP contribution in [-0.4, -0.2) is 56.8 Å². The molecule has 11 heteroatoms. The molecule has 4 N–H and O–H groups in total. The Balaban J connectivity index is 0. The summed E-state index contributed by atoms with van der Waals surface area (Å²) in [4.78, 5) is 24.9. The summed E-state index contributed by atoms with van der Waals surface area (Å²) >= 11 is 0.